The van der Waals surface area contributed by atoms with Gasteiger partial charge in [-0.1, -0.05) is 6.07 Å². The van der Waals surface area contributed by atoms with Gasteiger partial charge in [-0.2, -0.15) is 0 Å². The summed E-state index contributed by atoms with van der Waals surface area (Å²) in [5.41, 5.74) is 3.28. The number of aromatic nitrogens is 3. The molecule has 0 aliphatic rings. The van der Waals surface area contributed by atoms with Crippen LogP contribution in [0.5, 0.6) is 5.75 Å². The predicted molar refractivity (Wildman–Crippen MR) is 81.7 cm³/mol. The summed E-state index contributed by atoms with van der Waals surface area (Å²) in [7, 11) is 1.44. The Morgan fingerprint density at radius 1 is 1.38 bits per heavy atom. The Hall–Kier alpha value is -2.21. The monoisotopic (exact) mass is 303 g/mol. The molecule has 108 valence electrons. The van der Waals surface area contributed by atoms with Crippen molar-refractivity contribution in [3.63, 3.8) is 0 Å². The zero-order valence-corrected chi connectivity index (χ0v) is 12.5. The molecule has 2 aromatic heterocycles. The van der Waals surface area contributed by atoms with E-state index in [-0.39, 0.29) is 5.75 Å². The number of methoxy groups -OCH3 is 1. The van der Waals surface area contributed by atoms with Gasteiger partial charge in [0, 0.05) is 17.8 Å². The highest BCUT2D eigenvalue weighted by molar-refractivity contribution is 7.71. The third-order valence-electron chi connectivity index (χ3n) is 3.31. The fourth-order valence-electron chi connectivity index (χ4n) is 2.32. The van der Waals surface area contributed by atoms with Crippen LogP contribution in [0.1, 0.15) is 11.4 Å². The number of imidazole rings is 1. The number of halogens is 1. The van der Waals surface area contributed by atoms with Crippen LogP contribution >= 0.6 is 12.2 Å². The summed E-state index contributed by atoms with van der Waals surface area (Å²) in [6.07, 6.45) is 0. The van der Waals surface area contributed by atoms with Crippen LogP contribution in [0, 0.1) is 17.5 Å². The predicted octanol–water partition coefficient (Wildman–Crippen LogP) is 3.60. The zero-order valence-electron chi connectivity index (χ0n) is 11.7. The quantitative estimate of drug-likeness (QED) is 0.752. The van der Waals surface area contributed by atoms with Gasteiger partial charge in [0.2, 0.25) is 0 Å². The van der Waals surface area contributed by atoms with Crippen molar-refractivity contribution < 1.29 is 9.13 Å². The molecular weight excluding hydrogens is 289 g/mol. The van der Waals surface area contributed by atoms with Crippen molar-refractivity contribution in [2.24, 2.45) is 0 Å². The Labute approximate surface area is 126 Å². The number of ether oxygens (including phenoxy) is 1. The summed E-state index contributed by atoms with van der Waals surface area (Å²) in [5.74, 6) is -0.218. The van der Waals surface area contributed by atoms with Gasteiger partial charge in [0.15, 0.2) is 16.3 Å². The first-order chi connectivity index (χ1) is 10.1. The van der Waals surface area contributed by atoms with E-state index in [2.05, 4.69) is 9.97 Å². The van der Waals surface area contributed by atoms with Gasteiger partial charge in [0.05, 0.1) is 30.4 Å². The molecule has 0 bridgehead atoms. The minimum atomic E-state index is -0.415. The third kappa shape index (κ3) is 2.54. The molecule has 6 heteroatoms. The number of benzene rings is 1. The molecule has 0 saturated heterocycles. The molecule has 1 N–H and O–H groups in total. The second-order valence-electron chi connectivity index (χ2n) is 4.79. The van der Waals surface area contributed by atoms with E-state index >= 15 is 0 Å². The molecule has 21 heavy (non-hydrogen) atoms. The fourth-order valence-corrected chi connectivity index (χ4v) is 2.59. The normalized spacial score (nSPS) is 11.0. The third-order valence-corrected chi connectivity index (χ3v) is 3.64. The Balaban J connectivity index is 2.13. The number of hydrogen-bond donors (Lipinski definition) is 1. The van der Waals surface area contributed by atoms with E-state index in [1.807, 2.05) is 29.7 Å². The number of pyridine rings is 1. The van der Waals surface area contributed by atoms with Crippen molar-refractivity contribution >= 4 is 23.3 Å². The van der Waals surface area contributed by atoms with Crippen LogP contribution in [0.15, 0.2) is 30.3 Å². The summed E-state index contributed by atoms with van der Waals surface area (Å²) in [6, 6.07) is 8.87. The van der Waals surface area contributed by atoms with Crippen molar-refractivity contribution in [1.82, 2.24) is 14.5 Å². The lowest BCUT2D eigenvalue weighted by molar-refractivity contribution is 0.387. The standard InChI is InChI=1S/C15H14FN3OS/c1-9-4-3-5-10(17-9)8-19-13-7-14(20-2)11(16)6-12(13)18-15(19)21/h3-7H,8H2,1-2H3,(H,18,21). The van der Waals surface area contributed by atoms with Crippen molar-refractivity contribution in [2.75, 3.05) is 7.11 Å². The molecule has 0 amide bonds. The van der Waals surface area contributed by atoms with Gasteiger partial charge in [-0.25, -0.2) is 4.39 Å². The van der Waals surface area contributed by atoms with E-state index in [1.54, 1.807) is 6.07 Å². The van der Waals surface area contributed by atoms with Gasteiger partial charge in [0.1, 0.15) is 0 Å². The number of rotatable bonds is 3. The first-order valence-electron chi connectivity index (χ1n) is 6.47. The highest BCUT2D eigenvalue weighted by Gasteiger charge is 2.11. The molecule has 1 aromatic carbocycles. The maximum atomic E-state index is 13.7. The topological polar surface area (TPSA) is 42.8 Å². The molecule has 0 aliphatic carbocycles. The molecule has 3 aromatic rings. The zero-order chi connectivity index (χ0) is 15.0. The molecular formula is C15H14FN3OS. The molecule has 0 fully saturated rings. The number of nitrogens with one attached hydrogen (secondary N) is 1. The summed E-state index contributed by atoms with van der Waals surface area (Å²) in [6.45, 7) is 2.46. The number of aromatic amines is 1. The maximum Gasteiger partial charge on any atom is 0.178 e. The Kier molecular flexibility index (Phi) is 3.47. The van der Waals surface area contributed by atoms with Crippen LogP contribution < -0.4 is 4.74 Å². The first-order valence-corrected chi connectivity index (χ1v) is 6.88. The van der Waals surface area contributed by atoms with E-state index in [9.17, 15) is 4.39 Å². The first kappa shape index (κ1) is 13.8. The van der Waals surface area contributed by atoms with Gasteiger partial charge in [0.25, 0.3) is 0 Å². The van der Waals surface area contributed by atoms with Gasteiger partial charge in [-0.05, 0) is 31.3 Å². The van der Waals surface area contributed by atoms with Crippen LogP contribution in [0.3, 0.4) is 0 Å². The largest absolute Gasteiger partial charge is 0.494 e. The van der Waals surface area contributed by atoms with Gasteiger partial charge >= 0.3 is 0 Å². The highest BCUT2D eigenvalue weighted by atomic mass is 32.1. The summed E-state index contributed by atoms with van der Waals surface area (Å²) < 4.78 is 21.2. The summed E-state index contributed by atoms with van der Waals surface area (Å²) >= 11 is 5.32. The molecule has 4 nitrogen and oxygen atoms in total. The van der Waals surface area contributed by atoms with Crippen LogP contribution in [0.2, 0.25) is 0 Å². The number of hydrogen-bond acceptors (Lipinski definition) is 3. The minimum Gasteiger partial charge on any atom is -0.494 e. The smallest absolute Gasteiger partial charge is 0.178 e. The lowest BCUT2D eigenvalue weighted by atomic mass is 10.2. The summed E-state index contributed by atoms with van der Waals surface area (Å²) in [4.78, 5) is 7.48. The molecule has 0 atom stereocenters. The summed E-state index contributed by atoms with van der Waals surface area (Å²) in [5, 5.41) is 0. The average Bonchev–Trinajstić information content (AvgIpc) is 2.73. The van der Waals surface area contributed by atoms with E-state index in [1.165, 1.54) is 13.2 Å². The number of aryl methyl sites for hydroxylation is 1. The Bertz CT molecular complexity index is 869. The second kappa shape index (κ2) is 5.29. The van der Waals surface area contributed by atoms with Gasteiger partial charge < -0.3 is 14.3 Å². The van der Waals surface area contributed by atoms with Gasteiger partial charge in [-0.15, -0.1) is 0 Å². The van der Waals surface area contributed by atoms with Crippen molar-refractivity contribution in [3.8, 4) is 5.75 Å². The molecule has 0 saturated carbocycles. The lowest BCUT2D eigenvalue weighted by Crippen LogP contribution is -2.02. The van der Waals surface area contributed by atoms with Crippen LogP contribution in [0.4, 0.5) is 4.39 Å². The average molecular weight is 303 g/mol. The minimum absolute atomic E-state index is 0.197. The highest BCUT2D eigenvalue weighted by Crippen LogP contribution is 2.25. The van der Waals surface area contributed by atoms with Gasteiger partial charge in [-0.3, -0.25) is 4.98 Å². The molecule has 0 radical (unpaired) electrons. The van der Waals surface area contributed by atoms with E-state index in [0.717, 1.165) is 16.9 Å². The maximum absolute atomic E-state index is 13.7. The number of H-pyrrole nitrogens is 1. The van der Waals surface area contributed by atoms with Crippen molar-refractivity contribution in [2.45, 2.75) is 13.5 Å². The molecule has 3 rings (SSSR count). The van der Waals surface area contributed by atoms with Crippen molar-refractivity contribution in [3.05, 3.63) is 52.3 Å². The lowest BCUT2D eigenvalue weighted by Gasteiger charge is -2.07. The van der Waals surface area contributed by atoms with Crippen LogP contribution in [-0.4, -0.2) is 21.6 Å². The van der Waals surface area contributed by atoms with Crippen LogP contribution in [-0.2, 0) is 6.54 Å². The van der Waals surface area contributed by atoms with E-state index < -0.39 is 5.82 Å². The number of nitrogens with zero attached hydrogens (tertiary/aromatic N) is 2. The Morgan fingerprint density at radius 3 is 2.90 bits per heavy atom. The molecule has 0 spiro atoms. The van der Waals surface area contributed by atoms with E-state index in [0.29, 0.717) is 16.8 Å². The van der Waals surface area contributed by atoms with Crippen molar-refractivity contribution in [1.29, 1.82) is 0 Å². The number of fused-ring (bicyclic) bond motifs is 1. The fraction of sp³-hybridized carbons (Fsp3) is 0.200. The Morgan fingerprint density at radius 2 is 2.19 bits per heavy atom. The molecule has 2 heterocycles. The molecule has 0 aliphatic heterocycles. The van der Waals surface area contributed by atoms with Crippen LogP contribution in [0.25, 0.3) is 11.0 Å². The molecule has 0 unspecified atom stereocenters. The SMILES string of the molecule is COc1cc2c(cc1F)[nH]c(=S)n2Cc1cccc(C)n1. The van der Waals surface area contributed by atoms with E-state index in [4.69, 9.17) is 17.0 Å². The second-order valence-corrected chi connectivity index (χ2v) is 5.18.